The molecule has 3 atom stereocenters. The number of hydrogen-bond donors (Lipinski definition) is 0. The highest BCUT2D eigenvalue weighted by molar-refractivity contribution is 5.83. The lowest BCUT2D eigenvalue weighted by molar-refractivity contribution is -0.136. The Bertz CT molecular complexity index is 733. The molecule has 2 aromatic rings. The number of carbonyl (C=O) groups excluding carboxylic acids is 1. The van der Waals surface area contributed by atoms with Crippen LogP contribution >= 0.6 is 0 Å². The number of carbonyl (C=O) groups is 1. The lowest BCUT2D eigenvalue weighted by atomic mass is 10.0. The maximum absolute atomic E-state index is 13.0. The zero-order valence-corrected chi connectivity index (χ0v) is 14.4. The van der Waals surface area contributed by atoms with Gasteiger partial charge in [0.15, 0.2) is 0 Å². The van der Waals surface area contributed by atoms with Crippen LogP contribution in [0.4, 0.5) is 0 Å². The van der Waals surface area contributed by atoms with E-state index in [9.17, 15) is 4.79 Å². The van der Waals surface area contributed by atoms with Crippen molar-refractivity contribution in [3.05, 3.63) is 35.9 Å². The van der Waals surface area contributed by atoms with E-state index < -0.39 is 0 Å². The zero-order chi connectivity index (χ0) is 16.7. The van der Waals surface area contributed by atoms with Crippen molar-refractivity contribution in [2.24, 2.45) is 13.0 Å². The normalized spacial score (nSPS) is 26.6. The van der Waals surface area contributed by atoms with Gasteiger partial charge < -0.3 is 4.90 Å². The molecule has 2 aliphatic rings. The molecule has 0 unspecified atom stereocenters. The van der Waals surface area contributed by atoms with E-state index in [1.807, 2.05) is 35.0 Å². The third kappa shape index (κ3) is 2.97. The minimum atomic E-state index is 0.147. The van der Waals surface area contributed by atoms with Gasteiger partial charge >= 0.3 is 0 Å². The summed E-state index contributed by atoms with van der Waals surface area (Å²) < 4.78 is 3.80. The molecule has 0 radical (unpaired) electrons. The summed E-state index contributed by atoms with van der Waals surface area (Å²) in [4.78, 5) is 15.2. The van der Waals surface area contributed by atoms with Gasteiger partial charge in [0.25, 0.3) is 0 Å². The van der Waals surface area contributed by atoms with Crippen molar-refractivity contribution in [3.63, 3.8) is 0 Å². The van der Waals surface area contributed by atoms with Gasteiger partial charge in [0.2, 0.25) is 5.91 Å². The molecule has 4 rings (SSSR count). The average Bonchev–Trinajstić information content (AvgIpc) is 3.09. The van der Waals surface area contributed by atoms with Gasteiger partial charge in [-0.3, -0.25) is 14.2 Å². The highest BCUT2D eigenvalue weighted by atomic mass is 16.2. The van der Waals surface area contributed by atoms with Crippen LogP contribution < -0.4 is 0 Å². The number of hydrogen-bond acceptors (Lipinski definition) is 3. The molecule has 1 aliphatic carbocycles. The summed E-state index contributed by atoms with van der Waals surface area (Å²) in [7, 11) is 1.93. The van der Waals surface area contributed by atoms with E-state index >= 15 is 0 Å². The first-order chi connectivity index (χ1) is 11.6. The first-order valence-corrected chi connectivity index (χ1v) is 8.90. The largest absolute Gasteiger partial charge is 0.338 e. The molecular formula is C18H25N5O. The summed E-state index contributed by atoms with van der Waals surface area (Å²) in [5, 5.41) is 8.63. The summed E-state index contributed by atoms with van der Waals surface area (Å²) in [6.45, 7) is 3.75. The Morgan fingerprint density at radius 1 is 1.25 bits per heavy atom. The van der Waals surface area contributed by atoms with Crippen molar-refractivity contribution >= 4 is 5.91 Å². The van der Waals surface area contributed by atoms with E-state index in [0.717, 1.165) is 32.4 Å². The van der Waals surface area contributed by atoms with Gasteiger partial charge in [-0.1, -0.05) is 0 Å². The minimum absolute atomic E-state index is 0.147. The molecular weight excluding hydrogens is 302 g/mol. The Labute approximate surface area is 142 Å². The number of likely N-dealkylation sites (tertiary alicyclic amines) is 1. The monoisotopic (exact) mass is 327 g/mol. The molecule has 0 bridgehead atoms. The number of aryl methyl sites for hydroxylation is 2. The molecule has 0 N–H and O–H groups in total. The summed E-state index contributed by atoms with van der Waals surface area (Å²) in [6, 6.07) is 0.278. The molecule has 1 saturated carbocycles. The Kier molecular flexibility index (Phi) is 3.90. The van der Waals surface area contributed by atoms with E-state index in [1.54, 1.807) is 0 Å². The van der Waals surface area contributed by atoms with E-state index in [2.05, 4.69) is 28.2 Å². The Hall–Kier alpha value is -2.11. The van der Waals surface area contributed by atoms with Crippen LogP contribution in [0.3, 0.4) is 0 Å². The Morgan fingerprint density at radius 3 is 2.83 bits per heavy atom. The molecule has 1 aliphatic heterocycles. The molecule has 2 fully saturated rings. The van der Waals surface area contributed by atoms with Gasteiger partial charge in [-0.05, 0) is 49.7 Å². The molecule has 0 aromatic carbocycles. The number of rotatable bonds is 4. The van der Waals surface area contributed by atoms with Crippen LogP contribution in [0, 0.1) is 12.8 Å². The van der Waals surface area contributed by atoms with E-state index in [4.69, 9.17) is 0 Å². The van der Waals surface area contributed by atoms with Crippen LogP contribution in [0.1, 0.15) is 42.7 Å². The molecule has 6 nitrogen and oxygen atoms in total. The molecule has 6 heteroatoms. The van der Waals surface area contributed by atoms with Crippen molar-refractivity contribution in [3.8, 4) is 0 Å². The van der Waals surface area contributed by atoms with Crippen molar-refractivity contribution in [1.29, 1.82) is 0 Å². The summed E-state index contributed by atoms with van der Waals surface area (Å²) >= 11 is 0. The molecule has 128 valence electrons. The molecule has 0 spiro atoms. The van der Waals surface area contributed by atoms with Crippen LogP contribution in [0.25, 0.3) is 0 Å². The average molecular weight is 327 g/mol. The third-order valence-electron chi connectivity index (χ3n) is 5.33. The zero-order valence-electron chi connectivity index (χ0n) is 14.4. The first kappa shape index (κ1) is 15.4. The highest BCUT2D eigenvalue weighted by Gasteiger charge is 2.47. The van der Waals surface area contributed by atoms with E-state index in [0.29, 0.717) is 11.8 Å². The second-order valence-electron chi connectivity index (χ2n) is 7.32. The number of amides is 1. The van der Waals surface area contributed by atoms with Gasteiger partial charge in [0.1, 0.15) is 0 Å². The topological polar surface area (TPSA) is 56.0 Å². The van der Waals surface area contributed by atoms with Crippen LogP contribution in [0.5, 0.6) is 0 Å². The smallest absolute Gasteiger partial charge is 0.226 e. The van der Waals surface area contributed by atoms with Crippen LogP contribution in [0.2, 0.25) is 0 Å². The standard InChI is InChI=1S/C18H25N5O/c1-13-8-20-22(10-13)12-15-5-3-4-6-23(15)18(24)17-7-16(17)14-9-19-21(2)11-14/h8-11,15-17H,3-7,12H2,1-2H3/t15-,16-,17-/m0/s1. The van der Waals surface area contributed by atoms with E-state index in [-0.39, 0.29) is 12.0 Å². The Morgan fingerprint density at radius 2 is 2.12 bits per heavy atom. The molecule has 1 amide bonds. The van der Waals surface area contributed by atoms with Gasteiger partial charge in [-0.2, -0.15) is 10.2 Å². The second-order valence-corrected chi connectivity index (χ2v) is 7.32. The summed E-state index contributed by atoms with van der Waals surface area (Å²) in [5.41, 5.74) is 2.37. The van der Waals surface area contributed by atoms with Gasteiger partial charge in [0.05, 0.1) is 25.0 Å². The third-order valence-corrected chi connectivity index (χ3v) is 5.33. The second kappa shape index (κ2) is 6.07. The summed E-state index contributed by atoms with van der Waals surface area (Å²) in [5.74, 6) is 0.840. The van der Waals surface area contributed by atoms with Crippen molar-refractivity contribution in [2.75, 3.05) is 6.54 Å². The fourth-order valence-electron chi connectivity index (χ4n) is 3.94. The lowest BCUT2D eigenvalue weighted by Gasteiger charge is -2.36. The molecule has 3 heterocycles. The summed E-state index contributed by atoms with van der Waals surface area (Å²) in [6.07, 6.45) is 12.2. The highest BCUT2D eigenvalue weighted by Crippen LogP contribution is 2.48. The first-order valence-electron chi connectivity index (χ1n) is 8.90. The van der Waals surface area contributed by atoms with Crippen molar-refractivity contribution < 1.29 is 4.79 Å². The number of piperidine rings is 1. The van der Waals surface area contributed by atoms with Crippen molar-refractivity contribution in [1.82, 2.24) is 24.5 Å². The van der Waals surface area contributed by atoms with Gasteiger partial charge in [-0.15, -0.1) is 0 Å². The fraction of sp³-hybridized carbons (Fsp3) is 0.611. The van der Waals surface area contributed by atoms with Gasteiger partial charge in [0, 0.05) is 31.9 Å². The van der Waals surface area contributed by atoms with Crippen molar-refractivity contribution in [2.45, 2.75) is 51.1 Å². The van der Waals surface area contributed by atoms with E-state index in [1.165, 1.54) is 17.5 Å². The van der Waals surface area contributed by atoms with Crippen LogP contribution in [-0.4, -0.2) is 43.0 Å². The minimum Gasteiger partial charge on any atom is -0.338 e. The maximum atomic E-state index is 13.0. The Balaban J connectivity index is 1.44. The SMILES string of the molecule is Cc1cnn(C[C@@H]2CCCCN2C(=O)[C@H]2C[C@H]2c2cnn(C)c2)c1. The van der Waals surface area contributed by atoms with Crippen LogP contribution in [0.15, 0.2) is 24.8 Å². The fourth-order valence-corrected chi connectivity index (χ4v) is 3.94. The predicted molar refractivity (Wildman–Crippen MR) is 90.4 cm³/mol. The molecule has 1 saturated heterocycles. The molecule has 24 heavy (non-hydrogen) atoms. The predicted octanol–water partition coefficient (Wildman–Crippen LogP) is 2.11. The number of aromatic nitrogens is 4. The quantitative estimate of drug-likeness (QED) is 0.864. The van der Waals surface area contributed by atoms with Gasteiger partial charge in [-0.25, -0.2) is 0 Å². The molecule has 2 aromatic heterocycles. The lowest BCUT2D eigenvalue weighted by Crippen LogP contribution is -2.46. The maximum Gasteiger partial charge on any atom is 0.226 e. The van der Waals surface area contributed by atoms with Crippen LogP contribution in [-0.2, 0) is 18.4 Å². The number of nitrogens with zero attached hydrogens (tertiary/aromatic N) is 5.